The van der Waals surface area contributed by atoms with Crippen molar-refractivity contribution in [2.75, 3.05) is 40.4 Å². The first-order chi connectivity index (χ1) is 16.7. The summed E-state index contributed by atoms with van der Waals surface area (Å²) in [6.45, 7) is 8.12. The molecular formula is C29H46N2O3. The second-order valence-corrected chi connectivity index (χ2v) is 8.66. The van der Waals surface area contributed by atoms with Gasteiger partial charge in [0.2, 0.25) is 0 Å². The maximum absolute atomic E-state index is 11.1. The Balaban J connectivity index is 0.000000317. The summed E-state index contributed by atoms with van der Waals surface area (Å²) in [4.78, 5) is 15.9. The van der Waals surface area contributed by atoms with Crippen molar-refractivity contribution in [3.05, 3.63) is 71.8 Å². The maximum atomic E-state index is 11.1. The van der Waals surface area contributed by atoms with E-state index in [4.69, 9.17) is 9.84 Å². The van der Waals surface area contributed by atoms with E-state index in [1.165, 1.54) is 56.4 Å². The van der Waals surface area contributed by atoms with Crippen LogP contribution in [0.3, 0.4) is 0 Å². The van der Waals surface area contributed by atoms with Gasteiger partial charge in [-0.3, -0.25) is 9.69 Å². The van der Waals surface area contributed by atoms with Gasteiger partial charge in [-0.15, -0.1) is 0 Å². The third-order valence-electron chi connectivity index (χ3n) is 5.70. The number of benzene rings is 2. The number of carbonyl (C=O) groups is 1. The molecule has 1 saturated heterocycles. The molecule has 0 amide bonds. The van der Waals surface area contributed by atoms with E-state index in [1.807, 2.05) is 6.92 Å². The minimum absolute atomic E-state index is 0.0412. The second kappa shape index (κ2) is 20.2. The molecule has 34 heavy (non-hydrogen) atoms. The predicted molar refractivity (Wildman–Crippen MR) is 142 cm³/mol. The van der Waals surface area contributed by atoms with E-state index in [-0.39, 0.29) is 5.97 Å². The zero-order valence-electron chi connectivity index (χ0n) is 21.6. The van der Waals surface area contributed by atoms with E-state index < -0.39 is 0 Å². The van der Waals surface area contributed by atoms with Crippen molar-refractivity contribution in [2.24, 2.45) is 0 Å². The Morgan fingerprint density at radius 3 is 1.88 bits per heavy atom. The molecule has 5 nitrogen and oxygen atoms in total. The van der Waals surface area contributed by atoms with Gasteiger partial charge in [-0.25, -0.2) is 0 Å². The van der Waals surface area contributed by atoms with Crippen molar-refractivity contribution in [3.8, 4) is 0 Å². The fourth-order valence-electron chi connectivity index (χ4n) is 4.04. The number of hydrogen-bond donors (Lipinski definition) is 1. The lowest BCUT2D eigenvalue weighted by Gasteiger charge is -2.26. The van der Waals surface area contributed by atoms with Crippen LogP contribution in [0, 0.1) is 0 Å². The first kappa shape index (κ1) is 29.8. The summed E-state index contributed by atoms with van der Waals surface area (Å²) in [5.41, 5.74) is 2.72. The molecule has 3 rings (SSSR count). The monoisotopic (exact) mass is 470 g/mol. The van der Waals surface area contributed by atoms with Gasteiger partial charge in [0.05, 0.1) is 6.61 Å². The molecule has 2 aromatic rings. The fourth-order valence-corrected chi connectivity index (χ4v) is 4.04. The third kappa shape index (κ3) is 14.8. The van der Waals surface area contributed by atoms with Crippen LogP contribution in [0.2, 0.25) is 0 Å². The van der Waals surface area contributed by atoms with Gasteiger partial charge >= 0.3 is 5.97 Å². The van der Waals surface area contributed by atoms with Crippen LogP contribution < -0.4 is 0 Å². The Morgan fingerprint density at radius 2 is 1.38 bits per heavy atom. The number of rotatable bonds is 11. The molecule has 0 aromatic heterocycles. The molecular weight excluding hydrogens is 424 g/mol. The predicted octanol–water partition coefficient (Wildman–Crippen LogP) is 5.52. The largest absolute Gasteiger partial charge is 0.466 e. The summed E-state index contributed by atoms with van der Waals surface area (Å²) in [5.74, 6) is -0.0412. The summed E-state index contributed by atoms with van der Waals surface area (Å²) in [6.07, 6.45) is 8.07. The van der Waals surface area contributed by atoms with Gasteiger partial charge in [0.25, 0.3) is 0 Å². The number of aliphatic hydroxyl groups excluding tert-OH is 1. The van der Waals surface area contributed by atoms with Crippen molar-refractivity contribution >= 4 is 5.97 Å². The number of piperidine rings is 1. The lowest BCUT2D eigenvalue weighted by atomic mass is 10.1. The van der Waals surface area contributed by atoms with Crippen molar-refractivity contribution in [2.45, 2.75) is 65.0 Å². The molecule has 0 aliphatic carbocycles. The van der Waals surface area contributed by atoms with Gasteiger partial charge in [0.15, 0.2) is 0 Å². The Morgan fingerprint density at radius 1 is 0.853 bits per heavy atom. The van der Waals surface area contributed by atoms with E-state index >= 15 is 0 Å². The molecule has 0 atom stereocenters. The molecule has 5 heteroatoms. The molecule has 1 fully saturated rings. The van der Waals surface area contributed by atoms with E-state index in [1.54, 1.807) is 0 Å². The molecule has 190 valence electrons. The topological polar surface area (TPSA) is 53.0 Å². The SMILES string of the molecule is CCOC(=O)CCCCCN1CCCCC1.CN(Cc1ccccc1)Cc1ccccc1.CO. The van der Waals surface area contributed by atoms with Crippen LogP contribution in [0.4, 0.5) is 0 Å². The second-order valence-electron chi connectivity index (χ2n) is 8.66. The first-order valence-electron chi connectivity index (χ1n) is 12.8. The first-order valence-corrected chi connectivity index (χ1v) is 12.8. The van der Waals surface area contributed by atoms with Crippen LogP contribution in [0.15, 0.2) is 60.7 Å². The van der Waals surface area contributed by atoms with Gasteiger partial charge in [-0.1, -0.05) is 73.5 Å². The molecule has 0 bridgehead atoms. The van der Waals surface area contributed by atoms with Crippen LogP contribution in [-0.2, 0) is 22.6 Å². The standard InChI is InChI=1S/C15H17N.C13H25NO2.CH4O/c1-16(12-14-8-4-2-5-9-14)13-15-10-6-3-7-11-15;1-2-16-13(15)9-5-3-6-10-14-11-7-4-8-12-14;1-2/h2-11H,12-13H2,1H3;2-12H2,1H3;2H,1H3. The zero-order valence-corrected chi connectivity index (χ0v) is 21.6. The summed E-state index contributed by atoms with van der Waals surface area (Å²) in [7, 11) is 3.15. The van der Waals surface area contributed by atoms with E-state index in [9.17, 15) is 4.79 Å². The van der Waals surface area contributed by atoms with Crippen molar-refractivity contribution < 1.29 is 14.6 Å². The number of likely N-dealkylation sites (tertiary alicyclic amines) is 1. The third-order valence-corrected chi connectivity index (χ3v) is 5.70. The Hall–Kier alpha value is -2.21. The van der Waals surface area contributed by atoms with Gasteiger partial charge in [-0.2, -0.15) is 0 Å². The van der Waals surface area contributed by atoms with E-state index in [0.29, 0.717) is 13.0 Å². The van der Waals surface area contributed by atoms with Gasteiger partial charge in [0, 0.05) is 26.6 Å². The summed E-state index contributed by atoms with van der Waals surface area (Å²) in [6, 6.07) is 21.1. The number of nitrogens with zero attached hydrogens (tertiary/aromatic N) is 2. The number of esters is 1. The smallest absolute Gasteiger partial charge is 0.305 e. The molecule has 1 heterocycles. The summed E-state index contributed by atoms with van der Waals surface area (Å²) in [5, 5.41) is 7.00. The van der Waals surface area contributed by atoms with E-state index in [2.05, 4.69) is 77.5 Å². The highest BCUT2D eigenvalue weighted by atomic mass is 16.5. The Labute approximate surface area is 207 Å². The van der Waals surface area contributed by atoms with Gasteiger partial charge < -0.3 is 14.7 Å². The van der Waals surface area contributed by atoms with Gasteiger partial charge in [0.1, 0.15) is 0 Å². The number of ether oxygens (including phenoxy) is 1. The normalized spacial score (nSPS) is 13.3. The zero-order chi connectivity index (χ0) is 24.9. The van der Waals surface area contributed by atoms with Crippen molar-refractivity contribution in [1.29, 1.82) is 0 Å². The molecule has 1 aliphatic heterocycles. The number of unbranched alkanes of at least 4 members (excludes halogenated alkanes) is 2. The highest BCUT2D eigenvalue weighted by Crippen LogP contribution is 2.11. The molecule has 0 saturated carbocycles. The molecule has 2 aromatic carbocycles. The van der Waals surface area contributed by atoms with Crippen molar-refractivity contribution in [1.82, 2.24) is 9.80 Å². The minimum atomic E-state index is -0.0412. The summed E-state index contributed by atoms with van der Waals surface area (Å²) >= 11 is 0. The highest BCUT2D eigenvalue weighted by molar-refractivity contribution is 5.69. The Bertz CT molecular complexity index is 677. The molecule has 1 N–H and O–H groups in total. The maximum Gasteiger partial charge on any atom is 0.305 e. The highest BCUT2D eigenvalue weighted by Gasteiger charge is 2.09. The number of aliphatic hydroxyl groups is 1. The van der Waals surface area contributed by atoms with E-state index in [0.717, 1.165) is 33.0 Å². The lowest BCUT2D eigenvalue weighted by molar-refractivity contribution is -0.143. The summed E-state index contributed by atoms with van der Waals surface area (Å²) < 4.78 is 4.89. The molecule has 1 aliphatic rings. The average Bonchev–Trinajstić information content (AvgIpc) is 2.87. The number of carbonyl (C=O) groups excluding carboxylic acids is 1. The van der Waals surface area contributed by atoms with Crippen LogP contribution >= 0.6 is 0 Å². The average molecular weight is 471 g/mol. The number of hydrogen-bond acceptors (Lipinski definition) is 5. The van der Waals surface area contributed by atoms with Crippen LogP contribution in [-0.4, -0.2) is 61.3 Å². The Kier molecular flexibility index (Phi) is 17.7. The molecule has 0 spiro atoms. The lowest BCUT2D eigenvalue weighted by Crippen LogP contribution is -2.30. The van der Waals surface area contributed by atoms with Crippen LogP contribution in [0.5, 0.6) is 0 Å². The van der Waals surface area contributed by atoms with Crippen LogP contribution in [0.1, 0.15) is 63.0 Å². The van der Waals surface area contributed by atoms with Gasteiger partial charge in [-0.05, 0) is 70.4 Å². The fraction of sp³-hybridized carbons (Fsp3) is 0.552. The quantitative estimate of drug-likeness (QED) is 0.346. The van der Waals surface area contributed by atoms with Crippen LogP contribution in [0.25, 0.3) is 0 Å². The minimum Gasteiger partial charge on any atom is -0.466 e. The molecule has 0 radical (unpaired) electrons. The molecule has 0 unspecified atom stereocenters. The van der Waals surface area contributed by atoms with Crippen molar-refractivity contribution in [3.63, 3.8) is 0 Å².